The second-order valence-corrected chi connectivity index (χ2v) is 5.00. The number of nitrogens with two attached hydrogens (primary N) is 1. The first kappa shape index (κ1) is 13.1. The Hall–Kier alpha value is -1.29. The smallest absolute Gasteiger partial charge is 0.106 e. The summed E-state index contributed by atoms with van der Waals surface area (Å²) in [5.74, 6) is 0. The quantitative estimate of drug-likeness (QED) is 0.826. The van der Waals surface area contributed by atoms with E-state index in [-0.39, 0.29) is 0 Å². The number of thiocarbonyl (C=S) groups is 1. The van der Waals surface area contributed by atoms with Gasteiger partial charge in [-0.25, -0.2) is 0 Å². The zero-order valence-electron chi connectivity index (χ0n) is 9.28. The van der Waals surface area contributed by atoms with Gasteiger partial charge in [0.2, 0.25) is 0 Å². The molecule has 92 valence electrons. The van der Waals surface area contributed by atoms with Crippen LogP contribution in [0.5, 0.6) is 0 Å². The Morgan fingerprint density at radius 3 is 2.22 bits per heavy atom. The van der Waals surface area contributed by atoms with Crippen LogP contribution in [0.25, 0.3) is 0 Å². The van der Waals surface area contributed by atoms with Crippen molar-refractivity contribution in [2.24, 2.45) is 5.73 Å². The van der Waals surface area contributed by atoms with Crippen molar-refractivity contribution in [3.63, 3.8) is 0 Å². The molecule has 3 N–H and O–H groups in total. The standard InChI is InChI=1S/C13H10Cl2N2S/c14-8-1-4-10(5-2-8)17-12-6-3-9(15)7-11(12)13(16)18/h1-7,17H,(H2,16,18). The molecule has 0 atom stereocenters. The molecule has 0 spiro atoms. The summed E-state index contributed by atoms with van der Waals surface area (Å²) in [6.45, 7) is 0. The monoisotopic (exact) mass is 296 g/mol. The first-order valence-corrected chi connectivity index (χ1v) is 6.34. The predicted octanol–water partition coefficient (Wildman–Crippen LogP) is 4.37. The molecule has 0 bridgehead atoms. The summed E-state index contributed by atoms with van der Waals surface area (Å²) in [5, 5.41) is 4.51. The Morgan fingerprint density at radius 1 is 1.00 bits per heavy atom. The van der Waals surface area contributed by atoms with Crippen LogP contribution in [-0.2, 0) is 0 Å². The van der Waals surface area contributed by atoms with Gasteiger partial charge in [-0.15, -0.1) is 0 Å². The number of anilines is 2. The van der Waals surface area contributed by atoms with Gasteiger partial charge in [-0.05, 0) is 42.5 Å². The lowest BCUT2D eigenvalue weighted by molar-refractivity contribution is 1.52. The van der Waals surface area contributed by atoms with E-state index in [9.17, 15) is 0 Å². The van der Waals surface area contributed by atoms with Gasteiger partial charge in [0.25, 0.3) is 0 Å². The fraction of sp³-hybridized carbons (Fsp3) is 0. The molecule has 0 aliphatic rings. The number of benzene rings is 2. The minimum absolute atomic E-state index is 0.300. The average molecular weight is 297 g/mol. The summed E-state index contributed by atoms with van der Waals surface area (Å²) in [7, 11) is 0. The van der Waals surface area contributed by atoms with E-state index in [2.05, 4.69) is 5.32 Å². The van der Waals surface area contributed by atoms with E-state index in [1.807, 2.05) is 18.2 Å². The average Bonchev–Trinajstić information content (AvgIpc) is 2.34. The van der Waals surface area contributed by atoms with Gasteiger partial charge < -0.3 is 11.1 Å². The largest absolute Gasteiger partial charge is 0.389 e. The zero-order chi connectivity index (χ0) is 13.1. The third kappa shape index (κ3) is 3.13. The molecule has 0 aromatic heterocycles. The molecular weight excluding hydrogens is 287 g/mol. The van der Waals surface area contributed by atoms with Crippen LogP contribution >= 0.6 is 35.4 Å². The fourth-order valence-corrected chi connectivity index (χ4v) is 1.99. The topological polar surface area (TPSA) is 38.0 Å². The normalized spacial score (nSPS) is 10.1. The van der Waals surface area contributed by atoms with Crippen molar-refractivity contribution in [3.05, 3.63) is 58.1 Å². The van der Waals surface area contributed by atoms with Gasteiger partial charge >= 0.3 is 0 Å². The van der Waals surface area contributed by atoms with Crippen molar-refractivity contribution < 1.29 is 0 Å². The van der Waals surface area contributed by atoms with E-state index in [4.69, 9.17) is 41.2 Å². The van der Waals surface area contributed by atoms with Crippen LogP contribution in [-0.4, -0.2) is 4.99 Å². The molecule has 0 amide bonds. The summed E-state index contributed by atoms with van der Waals surface area (Å²) in [6, 6.07) is 12.7. The Kier molecular flexibility index (Phi) is 4.07. The maximum Gasteiger partial charge on any atom is 0.106 e. The minimum Gasteiger partial charge on any atom is -0.389 e. The minimum atomic E-state index is 0.300. The van der Waals surface area contributed by atoms with E-state index >= 15 is 0 Å². The lowest BCUT2D eigenvalue weighted by Gasteiger charge is -2.11. The van der Waals surface area contributed by atoms with E-state index in [1.165, 1.54) is 0 Å². The summed E-state index contributed by atoms with van der Waals surface area (Å²) >= 11 is 16.8. The fourth-order valence-electron chi connectivity index (χ4n) is 1.52. The zero-order valence-corrected chi connectivity index (χ0v) is 11.6. The highest BCUT2D eigenvalue weighted by molar-refractivity contribution is 7.80. The molecule has 0 fully saturated rings. The third-order valence-corrected chi connectivity index (χ3v) is 3.08. The van der Waals surface area contributed by atoms with Crippen LogP contribution in [0.3, 0.4) is 0 Å². The first-order valence-electron chi connectivity index (χ1n) is 5.18. The van der Waals surface area contributed by atoms with Crippen LogP contribution < -0.4 is 11.1 Å². The van der Waals surface area contributed by atoms with Gasteiger partial charge in [-0.3, -0.25) is 0 Å². The van der Waals surface area contributed by atoms with Crippen molar-refractivity contribution in [2.45, 2.75) is 0 Å². The lowest BCUT2D eigenvalue weighted by Crippen LogP contribution is -2.11. The van der Waals surface area contributed by atoms with Gasteiger partial charge in [0.1, 0.15) is 4.99 Å². The van der Waals surface area contributed by atoms with Gasteiger partial charge in [0, 0.05) is 27.0 Å². The van der Waals surface area contributed by atoms with E-state index in [1.54, 1.807) is 24.3 Å². The van der Waals surface area contributed by atoms with Crippen LogP contribution in [0.2, 0.25) is 10.0 Å². The van der Waals surface area contributed by atoms with Crippen molar-refractivity contribution in [1.29, 1.82) is 0 Å². The van der Waals surface area contributed by atoms with Crippen LogP contribution in [0, 0.1) is 0 Å². The Balaban J connectivity index is 2.34. The number of nitrogens with one attached hydrogen (secondary N) is 1. The van der Waals surface area contributed by atoms with Crippen molar-refractivity contribution >= 4 is 51.8 Å². The van der Waals surface area contributed by atoms with Crippen LogP contribution in [0.1, 0.15) is 5.56 Å². The first-order chi connectivity index (χ1) is 8.56. The molecule has 0 radical (unpaired) electrons. The van der Waals surface area contributed by atoms with Crippen LogP contribution in [0.15, 0.2) is 42.5 Å². The summed E-state index contributed by atoms with van der Waals surface area (Å²) in [4.78, 5) is 0.300. The van der Waals surface area contributed by atoms with E-state index in [0.717, 1.165) is 11.4 Å². The summed E-state index contributed by atoms with van der Waals surface area (Å²) in [5.41, 5.74) is 8.10. The molecule has 2 aromatic carbocycles. The van der Waals surface area contributed by atoms with Crippen molar-refractivity contribution in [1.82, 2.24) is 0 Å². The molecule has 0 saturated heterocycles. The second kappa shape index (κ2) is 5.57. The Labute approximate surface area is 121 Å². The van der Waals surface area contributed by atoms with E-state index in [0.29, 0.717) is 20.6 Å². The molecule has 18 heavy (non-hydrogen) atoms. The molecule has 0 saturated carbocycles. The maximum atomic E-state index is 5.92. The molecule has 2 rings (SSSR count). The highest BCUT2D eigenvalue weighted by Crippen LogP contribution is 2.25. The molecule has 0 aliphatic heterocycles. The lowest BCUT2D eigenvalue weighted by atomic mass is 10.1. The third-order valence-electron chi connectivity index (χ3n) is 2.37. The highest BCUT2D eigenvalue weighted by atomic mass is 35.5. The van der Waals surface area contributed by atoms with Crippen LogP contribution in [0.4, 0.5) is 11.4 Å². The Bertz CT molecular complexity index is 582. The van der Waals surface area contributed by atoms with Crippen molar-refractivity contribution in [3.8, 4) is 0 Å². The van der Waals surface area contributed by atoms with Crippen molar-refractivity contribution in [2.75, 3.05) is 5.32 Å². The second-order valence-electron chi connectivity index (χ2n) is 3.69. The highest BCUT2D eigenvalue weighted by Gasteiger charge is 2.06. The Morgan fingerprint density at radius 2 is 1.61 bits per heavy atom. The molecule has 0 heterocycles. The van der Waals surface area contributed by atoms with Gasteiger partial charge in [0.15, 0.2) is 0 Å². The predicted molar refractivity (Wildman–Crippen MR) is 82.1 cm³/mol. The molecule has 2 nitrogen and oxygen atoms in total. The molecular formula is C13H10Cl2N2S. The number of rotatable bonds is 3. The number of hydrogen-bond acceptors (Lipinski definition) is 2. The number of hydrogen-bond donors (Lipinski definition) is 2. The number of halogens is 2. The van der Waals surface area contributed by atoms with E-state index < -0.39 is 0 Å². The summed E-state index contributed by atoms with van der Waals surface area (Å²) in [6.07, 6.45) is 0. The molecule has 0 unspecified atom stereocenters. The van der Waals surface area contributed by atoms with Gasteiger partial charge in [-0.2, -0.15) is 0 Å². The SMILES string of the molecule is NC(=S)c1cc(Cl)ccc1Nc1ccc(Cl)cc1. The maximum absolute atomic E-state index is 5.92. The van der Waals surface area contributed by atoms with Gasteiger partial charge in [-0.1, -0.05) is 35.4 Å². The molecule has 2 aromatic rings. The van der Waals surface area contributed by atoms with Gasteiger partial charge in [0.05, 0.1) is 0 Å². The molecule has 0 aliphatic carbocycles. The molecule has 5 heteroatoms. The summed E-state index contributed by atoms with van der Waals surface area (Å²) < 4.78 is 0.